The molecule has 0 radical (unpaired) electrons. The van der Waals surface area contributed by atoms with Crippen molar-refractivity contribution >= 4 is 0 Å². The van der Waals surface area contributed by atoms with Crippen LogP contribution in [-0.2, 0) is 4.74 Å². The highest BCUT2D eigenvalue weighted by Gasteiger charge is 2.42. The average Bonchev–Trinajstić information content (AvgIpc) is 3.03. The standard InChI is InChI=1S/C16H30N2O/c17-10-4-14-5-11-18(12-6-14)13-15-3-9-16(19-15)7-1-2-8-16/h14-15H,1-13,17H2. The van der Waals surface area contributed by atoms with E-state index in [4.69, 9.17) is 10.5 Å². The van der Waals surface area contributed by atoms with Gasteiger partial charge in [-0.05, 0) is 70.5 Å². The molecule has 110 valence electrons. The first-order chi connectivity index (χ1) is 9.30. The van der Waals surface area contributed by atoms with Crippen LogP contribution >= 0.6 is 0 Å². The predicted molar refractivity (Wildman–Crippen MR) is 78.1 cm³/mol. The van der Waals surface area contributed by atoms with Crippen LogP contribution in [0.2, 0.25) is 0 Å². The highest BCUT2D eigenvalue weighted by atomic mass is 16.5. The lowest BCUT2D eigenvalue weighted by molar-refractivity contribution is -0.0499. The number of nitrogens with two attached hydrogens (primary N) is 1. The van der Waals surface area contributed by atoms with E-state index >= 15 is 0 Å². The lowest BCUT2D eigenvalue weighted by atomic mass is 9.93. The van der Waals surface area contributed by atoms with Gasteiger partial charge >= 0.3 is 0 Å². The zero-order valence-corrected chi connectivity index (χ0v) is 12.3. The van der Waals surface area contributed by atoms with E-state index in [2.05, 4.69) is 4.90 Å². The number of piperidine rings is 1. The fourth-order valence-electron chi connectivity index (χ4n) is 4.39. The second-order valence-electron chi connectivity index (χ2n) is 6.99. The molecule has 0 bridgehead atoms. The molecular weight excluding hydrogens is 236 g/mol. The fraction of sp³-hybridized carbons (Fsp3) is 1.00. The van der Waals surface area contributed by atoms with Crippen LogP contribution in [0.15, 0.2) is 0 Å². The summed E-state index contributed by atoms with van der Waals surface area (Å²) in [5.74, 6) is 0.881. The molecule has 2 heterocycles. The van der Waals surface area contributed by atoms with Crippen LogP contribution in [0.3, 0.4) is 0 Å². The van der Waals surface area contributed by atoms with Gasteiger partial charge in [0.1, 0.15) is 0 Å². The van der Waals surface area contributed by atoms with Crippen LogP contribution in [-0.4, -0.2) is 42.8 Å². The summed E-state index contributed by atoms with van der Waals surface area (Å²) >= 11 is 0. The lowest BCUT2D eigenvalue weighted by Crippen LogP contribution is -2.40. The molecule has 1 atom stereocenters. The smallest absolute Gasteiger partial charge is 0.0710 e. The first-order valence-electron chi connectivity index (χ1n) is 8.40. The van der Waals surface area contributed by atoms with E-state index < -0.39 is 0 Å². The van der Waals surface area contributed by atoms with Gasteiger partial charge in [0.05, 0.1) is 11.7 Å². The molecule has 1 saturated carbocycles. The zero-order valence-electron chi connectivity index (χ0n) is 12.3. The Morgan fingerprint density at radius 3 is 2.47 bits per heavy atom. The van der Waals surface area contributed by atoms with E-state index in [1.807, 2.05) is 0 Å². The van der Waals surface area contributed by atoms with Crippen molar-refractivity contribution in [3.05, 3.63) is 0 Å². The van der Waals surface area contributed by atoms with Gasteiger partial charge in [0, 0.05) is 6.54 Å². The molecule has 3 rings (SSSR count). The van der Waals surface area contributed by atoms with Gasteiger partial charge in [-0.25, -0.2) is 0 Å². The maximum atomic E-state index is 6.43. The minimum Gasteiger partial charge on any atom is -0.370 e. The molecule has 0 amide bonds. The SMILES string of the molecule is NCCC1CCN(CC2CCC3(CCCC3)O2)CC1. The zero-order chi connectivity index (χ0) is 13.1. The van der Waals surface area contributed by atoms with Crippen LogP contribution in [0, 0.1) is 5.92 Å². The van der Waals surface area contributed by atoms with Crippen LogP contribution in [0.4, 0.5) is 0 Å². The summed E-state index contributed by atoms with van der Waals surface area (Å²) in [5, 5.41) is 0. The Morgan fingerprint density at radius 2 is 1.79 bits per heavy atom. The van der Waals surface area contributed by atoms with Crippen molar-refractivity contribution < 1.29 is 4.74 Å². The van der Waals surface area contributed by atoms with Gasteiger partial charge in [-0.15, -0.1) is 0 Å². The minimum atomic E-state index is 0.308. The van der Waals surface area contributed by atoms with Gasteiger partial charge in [0.25, 0.3) is 0 Å². The highest BCUT2D eigenvalue weighted by Crippen LogP contribution is 2.43. The molecule has 2 saturated heterocycles. The molecule has 1 unspecified atom stereocenters. The molecular formula is C16H30N2O. The van der Waals surface area contributed by atoms with Gasteiger partial charge in [-0.3, -0.25) is 0 Å². The molecule has 3 heteroatoms. The van der Waals surface area contributed by atoms with Crippen LogP contribution < -0.4 is 5.73 Å². The molecule has 1 aliphatic carbocycles. The summed E-state index contributed by atoms with van der Waals surface area (Å²) in [6.45, 7) is 4.56. The predicted octanol–water partition coefficient (Wildman–Crippen LogP) is 2.54. The third kappa shape index (κ3) is 3.32. The summed E-state index contributed by atoms with van der Waals surface area (Å²) in [7, 11) is 0. The van der Waals surface area contributed by atoms with E-state index in [9.17, 15) is 0 Å². The van der Waals surface area contributed by atoms with Crippen LogP contribution in [0.5, 0.6) is 0 Å². The third-order valence-electron chi connectivity index (χ3n) is 5.60. The Kier molecular flexibility index (Phi) is 4.45. The monoisotopic (exact) mass is 266 g/mol. The van der Waals surface area contributed by atoms with E-state index in [-0.39, 0.29) is 0 Å². The Labute approximate surface area is 117 Å². The number of rotatable bonds is 4. The Hall–Kier alpha value is -0.120. The largest absolute Gasteiger partial charge is 0.370 e. The van der Waals surface area contributed by atoms with E-state index in [0.717, 1.165) is 12.5 Å². The van der Waals surface area contributed by atoms with Crippen LogP contribution in [0.25, 0.3) is 0 Å². The summed E-state index contributed by atoms with van der Waals surface area (Å²) in [6, 6.07) is 0. The van der Waals surface area contributed by atoms with E-state index in [0.29, 0.717) is 11.7 Å². The molecule has 1 spiro atoms. The molecule has 19 heavy (non-hydrogen) atoms. The average molecular weight is 266 g/mol. The summed E-state index contributed by atoms with van der Waals surface area (Å²) in [6.07, 6.45) is 12.5. The van der Waals surface area contributed by atoms with Gasteiger partial charge in [0.2, 0.25) is 0 Å². The van der Waals surface area contributed by atoms with Crippen molar-refractivity contribution in [3.8, 4) is 0 Å². The summed E-state index contributed by atoms with van der Waals surface area (Å²) in [5.41, 5.74) is 5.97. The quantitative estimate of drug-likeness (QED) is 0.850. The van der Waals surface area contributed by atoms with Crippen molar-refractivity contribution in [1.82, 2.24) is 4.90 Å². The second-order valence-corrected chi connectivity index (χ2v) is 6.99. The number of hydrogen-bond donors (Lipinski definition) is 1. The summed E-state index contributed by atoms with van der Waals surface area (Å²) in [4.78, 5) is 2.63. The molecule has 0 aromatic rings. The fourth-order valence-corrected chi connectivity index (χ4v) is 4.39. The Bertz CT molecular complexity index is 280. The molecule has 3 nitrogen and oxygen atoms in total. The summed E-state index contributed by atoms with van der Waals surface area (Å²) < 4.78 is 6.43. The first kappa shape index (κ1) is 13.8. The molecule has 3 aliphatic rings. The Balaban J connectivity index is 1.41. The molecule has 2 aliphatic heterocycles. The second kappa shape index (κ2) is 6.11. The lowest BCUT2D eigenvalue weighted by Gasteiger charge is -2.34. The van der Waals surface area contributed by atoms with Crippen molar-refractivity contribution in [2.24, 2.45) is 11.7 Å². The van der Waals surface area contributed by atoms with Gasteiger partial charge in [-0.2, -0.15) is 0 Å². The third-order valence-corrected chi connectivity index (χ3v) is 5.60. The van der Waals surface area contributed by atoms with Crippen molar-refractivity contribution in [3.63, 3.8) is 0 Å². The van der Waals surface area contributed by atoms with Gasteiger partial charge in [-0.1, -0.05) is 12.8 Å². The normalized spacial score (nSPS) is 32.4. The number of hydrogen-bond acceptors (Lipinski definition) is 3. The van der Waals surface area contributed by atoms with Crippen molar-refractivity contribution in [2.75, 3.05) is 26.2 Å². The number of ether oxygens (including phenoxy) is 1. The molecule has 3 fully saturated rings. The Morgan fingerprint density at radius 1 is 1.05 bits per heavy atom. The first-order valence-corrected chi connectivity index (χ1v) is 8.40. The number of likely N-dealkylation sites (tertiary alicyclic amines) is 1. The highest BCUT2D eigenvalue weighted by molar-refractivity contribution is 4.93. The maximum Gasteiger partial charge on any atom is 0.0710 e. The van der Waals surface area contributed by atoms with Gasteiger partial charge in [0.15, 0.2) is 0 Å². The molecule has 0 aromatic carbocycles. The molecule has 0 aromatic heterocycles. The minimum absolute atomic E-state index is 0.308. The molecule has 2 N–H and O–H groups in total. The van der Waals surface area contributed by atoms with Crippen molar-refractivity contribution in [2.45, 2.75) is 69.5 Å². The van der Waals surface area contributed by atoms with E-state index in [1.54, 1.807) is 0 Å². The number of nitrogens with zero attached hydrogens (tertiary/aromatic N) is 1. The van der Waals surface area contributed by atoms with Gasteiger partial charge < -0.3 is 15.4 Å². The topological polar surface area (TPSA) is 38.5 Å². The van der Waals surface area contributed by atoms with E-state index in [1.165, 1.54) is 77.4 Å². The van der Waals surface area contributed by atoms with Crippen LogP contribution in [0.1, 0.15) is 57.8 Å². The maximum absolute atomic E-state index is 6.43. The van der Waals surface area contributed by atoms with Crippen molar-refractivity contribution in [1.29, 1.82) is 0 Å².